The minimum Gasteiger partial charge on any atom is -0.481 e. The van der Waals surface area contributed by atoms with Crippen molar-refractivity contribution < 1.29 is 79.7 Å². The summed E-state index contributed by atoms with van der Waals surface area (Å²) in [6.07, 6.45) is 5.87. The summed E-state index contributed by atoms with van der Waals surface area (Å²) < 4.78 is 169. The first-order valence-electron chi connectivity index (χ1n) is 23.5. The normalized spacial score (nSPS) is 16.6. The molecule has 0 atom stereocenters. The number of rotatable bonds is 21. The van der Waals surface area contributed by atoms with E-state index in [1.165, 1.54) is 49.5 Å². The molecule has 7 rings (SSSR count). The predicted molar refractivity (Wildman–Crippen MR) is 288 cm³/mol. The Morgan fingerprint density at radius 2 is 1.36 bits per heavy atom. The molecule has 0 aromatic heterocycles. The van der Waals surface area contributed by atoms with Crippen LogP contribution in [-0.2, 0) is 66.1 Å². The average Bonchev–Trinajstić information content (AvgIpc) is 3.74. The number of carbonyl (C=O) groups is 1. The second-order valence-electron chi connectivity index (χ2n) is 19.6. The van der Waals surface area contributed by atoms with Crippen LogP contribution in [0, 0.1) is 10.1 Å². The Morgan fingerprint density at radius 1 is 0.727 bits per heavy atom. The first-order chi connectivity index (χ1) is 35.6. The molecular weight excluding hydrogens is 1100 g/mol. The van der Waals surface area contributed by atoms with Gasteiger partial charge >= 0.3 is 5.97 Å². The van der Waals surface area contributed by atoms with E-state index in [0.717, 1.165) is 10.4 Å². The van der Waals surface area contributed by atoms with Gasteiger partial charge < -0.3 is 10.0 Å². The van der Waals surface area contributed by atoms with Gasteiger partial charge in [-0.05, 0) is 97.1 Å². The number of allylic oxidation sites excluding steroid dienone is 6. The van der Waals surface area contributed by atoms with E-state index in [1.54, 1.807) is 71.9 Å². The Labute approximate surface area is 445 Å². The number of aliphatic carboxylic acids is 1. The fourth-order valence-electron chi connectivity index (χ4n) is 10.3. The van der Waals surface area contributed by atoms with E-state index in [1.807, 2.05) is 13.8 Å². The highest BCUT2D eigenvalue weighted by molar-refractivity contribution is 7.89. The van der Waals surface area contributed by atoms with Crippen molar-refractivity contribution in [1.82, 2.24) is 4.31 Å². The SMILES string of the molecule is CN(CCCC(=O)O)S(=O)(=O)c1cccc2c3c(ccc12)N(CCCS(=O)(=O)O)C(=CC=C(C=CC1=[N+](CCCS(=O)(=O)O)c2ccc4c(S(=O)(=O)O)cc(S(=O)(=O)O)cc4c2C1(C)C)c1ccccc1[N+](=O)[O-])C3(C)C. The van der Waals surface area contributed by atoms with Crippen LogP contribution in [0.4, 0.5) is 17.1 Å². The van der Waals surface area contributed by atoms with Crippen LogP contribution in [0.3, 0.4) is 0 Å². The zero-order valence-electron chi connectivity index (χ0n) is 42.1. The molecule has 0 unspecified atom stereocenters. The van der Waals surface area contributed by atoms with Gasteiger partial charge in [0, 0.05) is 84.3 Å². The number of anilines is 1. The van der Waals surface area contributed by atoms with Gasteiger partial charge in [0.2, 0.25) is 15.7 Å². The molecule has 0 spiro atoms. The van der Waals surface area contributed by atoms with Crippen LogP contribution >= 0.6 is 0 Å². The number of sulfonamides is 1. The fraction of sp³-hybridized carbons (Fsp3) is 0.320. The number of nitro benzene ring substituents is 1. The molecule has 2 aliphatic heterocycles. The molecule has 5 aromatic rings. The van der Waals surface area contributed by atoms with Crippen molar-refractivity contribution in [3.8, 4) is 0 Å². The highest BCUT2D eigenvalue weighted by atomic mass is 32.2. The van der Waals surface area contributed by atoms with Gasteiger partial charge in [0.15, 0.2) is 5.71 Å². The topological polar surface area (TPSA) is 342 Å². The van der Waals surface area contributed by atoms with Crippen molar-refractivity contribution >= 4 is 106 Å². The Bertz CT molecular complexity index is 4020. The summed E-state index contributed by atoms with van der Waals surface area (Å²) in [5, 5.41) is 22.5. The van der Waals surface area contributed by atoms with Crippen molar-refractivity contribution in [3.63, 3.8) is 0 Å². The smallest absolute Gasteiger partial charge is 0.303 e. The third kappa shape index (κ3) is 12.1. The van der Waals surface area contributed by atoms with Crippen LogP contribution in [-0.4, -0.2) is 129 Å². The maximum absolute atomic E-state index is 14.1. The highest BCUT2D eigenvalue weighted by Crippen LogP contribution is 2.52. The van der Waals surface area contributed by atoms with Crippen molar-refractivity contribution in [2.75, 3.05) is 43.1 Å². The minimum atomic E-state index is -5.12. The summed E-state index contributed by atoms with van der Waals surface area (Å²) >= 11 is 0. The lowest BCUT2D eigenvalue weighted by Gasteiger charge is -2.27. The van der Waals surface area contributed by atoms with E-state index in [-0.39, 0.29) is 83.4 Å². The molecule has 0 fully saturated rings. The van der Waals surface area contributed by atoms with E-state index in [4.69, 9.17) is 5.11 Å². The monoisotopic (exact) mass is 1160 g/mol. The van der Waals surface area contributed by atoms with Crippen LogP contribution in [0.1, 0.15) is 70.1 Å². The van der Waals surface area contributed by atoms with Crippen LogP contribution in [0.25, 0.3) is 27.1 Å². The third-order valence-corrected chi connectivity index (χ3v) is 18.9. The number of fused-ring (bicyclic) bond motifs is 6. The second kappa shape index (κ2) is 21.2. The maximum atomic E-state index is 14.1. The van der Waals surface area contributed by atoms with E-state index in [0.29, 0.717) is 45.2 Å². The zero-order chi connectivity index (χ0) is 57.0. The lowest BCUT2D eigenvalue weighted by atomic mass is 9.78. The molecule has 2 aliphatic rings. The largest absolute Gasteiger partial charge is 0.481 e. The molecule has 27 heteroatoms. The van der Waals surface area contributed by atoms with Gasteiger partial charge in [-0.3, -0.25) is 33.1 Å². The quantitative estimate of drug-likeness (QED) is 0.0160. The van der Waals surface area contributed by atoms with Gasteiger partial charge in [0.1, 0.15) is 11.4 Å². The number of hydrogen-bond donors (Lipinski definition) is 5. The number of benzene rings is 5. The molecule has 0 radical (unpaired) electrons. The molecule has 5 N–H and O–H groups in total. The molecule has 0 amide bonds. The van der Waals surface area contributed by atoms with E-state index < -0.39 is 93.5 Å². The van der Waals surface area contributed by atoms with Gasteiger partial charge in [-0.25, -0.2) is 12.7 Å². The molecule has 0 saturated heterocycles. The summed E-state index contributed by atoms with van der Waals surface area (Å²) in [4.78, 5) is 23.4. The first-order valence-corrected chi connectivity index (χ1v) is 31.1. The molecule has 77 heavy (non-hydrogen) atoms. The van der Waals surface area contributed by atoms with Crippen molar-refractivity contribution in [3.05, 3.63) is 136 Å². The predicted octanol–water partition coefficient (Wildman–Crippen LogP) is 7.13. The fourth-order valence-corrected chi connectivity index (χ4v) is 14.0. The lowest BCUT2D eigenvalue weighted by molar-refractivity contribution is -0.437. The molecule has 0 bridgehead atoms. The maximum Gasteiger partial charge on any atom is 0.303 e. The van der Waals surface area contributed by atoms with Gasteiger partial charge in [0.25, 0.3) is 46.2 Å². The van der Waals surface area contributed by atoms with E-state index in [2.05, 4.69) is 0 Å². The van der Waals surface area contributed by atoms with Crippen molar-refractivity contribution in [2.45, 2.75) is 78.9 Å². The number of para-hydroxylation sites is 1. The second-order valence-corrected chi connectivity index (χ2v) is 27.5. The molecule has 412 valence electrons. The summed E-state index contributed by atoms with van der Waals surface area (Å²) in [7, 11) is -22.0. The Hall–Kier alpha value is -6.27. The summed E-state index contributed by atoms with van der Waals surface area (Å²) in [6.45, 7) is 6.84. The molecule has 22 nitrogen and oxygen atoms in total. The zero-order valence-corrected chi connectivity index (χ0v) is 46.1. The van der Waals surface area contributed by atoms with E-state index >= 15 is 0 Å². The number of nitro groups is 1. The van der Waals surface area contributed by atoms with Crippen LogP contribution in [0.5, 0.6) is 0 Å². The van der Waals surface area contributed by atoms with Gasteiger partial charge in [-0.1, -0.05) is 50.3 Å². The molecular formula is C50H55N4O18S5+. The highest BCUT2D eigenvalue weighted by Gasteiger charge is 2.47. The number of carboxylic acids is 1. The summed E-state index contributed by atoms with van der Waals surface area (Å²) in [5.74, 6) is -2.41. The lowest BCUT2D eigenvalue weighted by Crippen LogP contribution is -2.28. The Kier molecular flexibility index (Phi) is 16.1. The van der Waals surface area contributed by atoms with Crippen LogP contribution in [0.15, 0.2) is 124 Å². The Balaban J connectivity index is 1.46. The van der Waals surface area contributed by atoms with Crippen molar-refractivity contribution in [1.29, 1.82) is 0 Å². The van der Waals surface area contributed by atoms with Gasteiger partial charge in [-0.2, -0.15) is 38.2 Å². The molecule has 0 aliphatic carbocycles. The number of carboxylic acid groups (broad SMARTS) is 1. The number of nitrogens with zero attached hydrogens (tertiary/aromatic N) is 4. The molecule has 5 aromatic carbocycles. The average molecular weight is 1160 g/mol. The van der Waals surface area contributed by atoms with Crippen molar-refractivity contribution in [2.24, 2.45) is 0 Å². The standard InChI is InChI=1S/C50H54N4O18S5/c1-49(2)44(52(26-10-28-73(59,60)61)40-21-19-35-37(47(40)49)13-8-15-42(35)75(65,66)51(5)25-9-16-46(55)56)23-17-32(34-12-6-7-14-39(34)54(57)58)18-24-45-50(3,4)48-38-30-33(76(67,68)69)31-43(77(70,71)72)36(38)20-22-41(48)53(45)27-11-29-74(62,63)64/h6-8,12-15,17-24,30-31H,9-11,16,25-29H2,1-5H3,(H4-,55,56,59,60,61,62,63,64,67,68,69,70,71,72)/p+1. The first kappa shape index (κ1) is 58.4. The van der Waals surface area contributed by atoms with Crippen LogP contribution < -0.4 is 4.90 Å². The van der Waals surface area contributed by atoms with E-state index in [9.17, 15) is 75.2 Å². The van der Waals surface area contributed by atoms with Crippen LogP contribution in [0.2, 0.25) is 0 Å². The third-order valence-electron chi connectivity index (χ3n) is 13.7. The molecule has 0 saturated carbocycles. The van der Waals surface area contributed by atoms with Gasteiger partial charge in [-0.15, -0.1) is 0 Å². The number of hydrogen-bond acceptors (Lipinski definition) is 14. The molecule has 2 heterocycles. The summed E-state index contributed by atoms with van der Waals surface area (Å²) in [5.41, 5.74) is 0.227. The Morgan fingerprint density at radius 3 is 1.99 bits per heavy atom. The minimum absolute atomic E-state index is 0.00218. The van der Waals surface area contributed by atoms with Gasteiger partial charge in [0.05, 0.1) is 37.2 Å². The summed E-state index contributed by atoms with van der Waals surface area (Å²) in [6, 6.07) is 18.2.